The molecule has 0 unspecified atom stereocenters. The van der Waals surface area contributed by atoms with Crippen molar-refractivity contribution in [3.63, 3.8) is 0 Å². The molecule has 120 valence electrons. The first-order chi connectivity index (χ1) is 11.6. The highest BCUT2D eigenvalue weighted by Gasteiger charge is 2.06. The fourth-order valence-electron chi connectivity index (χ4n) is 2.05. The number of amides is 1. The van der Waals surface area contributed by atoms with Gasteiger partial charge in [0.1, 0.15) is 11.5 Å². The van der Waals surface area contributed by atoms with Crippen molar-refractivity contribution in [2.45, 2.75) is 6.92 Å². The van der Waals surface area contributed by atoms with E-state index in [2.05, 4.69) is 31.4 Å². The molecule has 0 spiro atoms. The standard InChI is InChI=1S/C18H14BrN3O2/c1-12-2-3-14(10-16(12)19)17-5-4-15(24-17)11-21-22-18(23)13-6-8-20-9-7-13/h2-11H,1H3,(H,22,23)/b21-11-. The van der Waals surface area contributed by atoms with Crippen molar-refractivity contribution in [3.8, 4) is 11.3 Å². The van der Waals surface area contributed by atoms with Crippen LogP contribution in [0.1, 0.15) is 21.7 Å². The Labute approximate surface area is 147 Å². The van der Waals surface area contributed by atoms with Gasteiger partial charge in [-0.2, -0.15) is 5.10 Å². The lowest BCUT2D eigenvalue weighted by Crippen LogP contribution is -2.17. The maximum atomic E-state index is 11.8. The highest BCUT2D eigenvalue weighted by Crippen LogP contribution is 2.26. The number of carbonyl (C=O) groups excluding carboxylic acids is 1. The summed E-state index contributed by atoms with van der Waals surface area (Å²) in [5, 5.41) is 3.91. The van der Waals surface area contributed by atoms with Crippen LogP contribution >= 0.6 is 15.9 Å². The maximum absolute atomic E-state index is 11.8. The van der Waals surface area contributed by atoms with Crippen molar-refractivity contribution in [1.29, 1.82) is 0 Å². The lowest BCUT2D eigenvalue weighted by molar-refractivity contribution is 0.0955. The van der Waals surface area contributed by atoms with Crippen molar-refractivity contribution in [1.82, 2.24) is 10.4 Å². The van der Waals surface area contributed by atoms with E-state index in [9.17, 15) is 4.79 Å². The minimum atomic E-state index is -0.303. The molecule has 2 aromatic heterocycles. The number of hydrogen-bond acceptors (Lipinski definition) is 4. The Bertz CT molecular complexity index is 888. The predicted octanol–water partition coefficient (Wildman–Crippen LogP) is 4.18. The summed E-state index contributed by atoms with van der Waals surface area (Å²) >= 11 is 3.51. The molecular formula is C18H14BrN3O2. The Hall–Kier alpha value is -2.73. The molecule has 1 amide bonds. The molecule has 0 saturated heterocycles. The zero-order valence-corrected chi connectivity index (χ0v) is 14.4. The summed E-state index contributed by atoms with van der Waals surface area (Å²) in [7, 11) is 0. The third kappa shape index (κ3) is 3.78. The molecule has 0 fully saturated rings. The Morgan fingerprint density at radius 1 is 1.21 bits per heavy atom. The van der Waals surface area contributed by atoms with Crippen molar-refractivity contribution in [3.05, 3.63) is 76.2 Å². The summed E-state index contributed by atoms with van der Waals surface area (Å²) in [6.45, 7) is 2.03. The molecular weight excluding hydrogens is 370 g/mol. The molecule has 2 heterocycles. The van der Waals surface area contributed by atoms with Gasteiger partial charge in [-0.1, -0.05) is 28.1 Å². The van der Waals surface area contributed by atoms with E-state index in [0.717, 1.165) is 21.4 Å². The summed E-state index contributed by atoms with van der Waals surface area (Å²) in [4.78, 5) is 15.7. The number of pyridine rings is 1. The Morgan fingerprint density at radius 2 is 2.00 bits per heavy atom. The highest BCUT2D eigenvalue weighted by molar-refractivity contribution is 9.10. The number of rotatable bonds is 4. The van der Waals surface area contributed by atoms with Crippen molar-refractivity contribution < 1.29 is 9.21 Å². The number of halogens is 1. The van der Waals surface area contributed by atoms with Crippen LogP contribution < -0.4 is 5.43 Å². The van der Waals surface area contributed by atoms with E-state index in [1.807, 2.05) is 31.2 Å². The van der Waals surface area contributed by atoms with Crippen LogP contribution in [-0.2, 0) is 0 Å². The zero-order chi connectivity index (χ0) is 16.9. The first-order valence-corrected chi connectivity index (χ1v) is 8.02. The minimum Gasteiger partial charge on any atom is -0.455 e. The first kappa shape index (κ1) is 16.1. The summed E-state index contributed by atoms with van der Waals surface area (Å²) in [6, 6.07) is 12.9. The van der Waals surface area contributed by atoms with Crippen LogP contribution in [0, 0.1) is 6.92 Å². The van der Waals surface area contributed by atoms with Gasteiger partial charge in [0.25, 0.3) is 5.91 Å². The van der Waals surface area contributed by atoms with Crippen LogP contribution in [0.3, 0.4) is 0 Å². The highest BCUT2D eigenvalue weighted by atomic mass is 79.9. The molecule has 5 nitrogen and oxygen atoms in total. The second-order valence-electron chi connectivity index (χ2n) is 5.10. The molecule has 0 atom stereocenters. The second-order valence-corrected chi connectivity index (χ2v) is 5.96. The van der Waals surface area contributed by atoms with E-state index in [-0.39, 0.29) is 5.91 Å². The minimum absolute atomic E-state index is 0.303. The molecule has 3 rings (SSSR count). The van der Waals surface area contributed by atoms with Gasteiger partial charge in [0, 0.05) is 28.0 Å². The average molecular weight is 384 g/mol. The van der Waals surface area contributed by atoms with Crippen molar-refractivity contribution in [2.24, 2.45) is 5.10 Å². The number of hydrazone groups is 1. The summed E-state index contributed by atoms with van der Waals surface area (Å²) in [5.41, 5.74) is 5.06. The van der Waals surface area contributed by atoms with Gasteiger partial charge in [-0.05, 0) is 42.8 Å². The Kier molecular flexibility index (Phi) is 4.86. The van der Waals surface area contributed by atoms with Gasteiger partial charge in [0.15, 0.2) is 0 Å². The van der Waals surface area contributed by atoms with Crippen LogP contribution in [0.25, 0.3) is 11.3 Å². The Balaban J connectivity index is 1.67. The quantitative estimate of drug-likeness (QED) is 0.542. The smallest absolute Gasteiger partial charge is 0.271 e. The molecule has 1 N–H and O–H groups in total. The van der Waals surface area contributed by atoms with Crippen molar-refractivity contribution in [2.75, 3.05) is 0 Å². The number of aryl methyl sites for hydroxylation is 1. The van der Waals surface area contributed by atoms with E-state index >= 15 is 0 Å². The maximum Gasteiger partial charge on any atom is 0.271 e. The summed E-state index contributed by atoms with van der Waals surface area (Å²) in [5.74, 6) is 0.984. The molecule has 0 aliphatic heterocycles. The van der Waals surface area contributed by atoms with E-state index < -0.39 is 0 Å². The first-order valence-electron chi connectivity index (χ1n) is 7.23. The molecule has 6 heteroatoms. The molecule has 0 radical (unpaired) electrons. The van der Waals surface area contributed by atoms with Crippen molar-refractivity contribution >= 4 is 28.1 Å². The molecule has 0 aliphatic rings. The molecule has 3 aromatic rings. The summed E-state index contributed by atoms with van der Waals surface area (Å²) in [6.07, 6.45) is 4.57. The second kappa shape index (κ2) is 7.23. The topological polar surface area (TPSA) is 67.5 Å². The van der Waals surface area contributed by atoms with Gasteiger partial charge in [-0.3, -0.25) is 9.78 Å². The zero-order valence-electron chi connectivity index (χ0n) is 12.9. The van der Waals surface area contributed by atoms with E-state index in [1.165, 1.54) is 6.21 Å². The number of nitrogens with zero attached hydrogens (tertiary/aromatic N) is 2. The number of nitrogens with one attached hydrogen (secondary N) is 1. The number of hydrogen-bond donors (Lipinski definition) is 1. The normalized spacial score (nSPS) is 10.9. The molecule has 0 bridgehead atoms. The van der Waals surface area contributed by atoms with Crippen LogP contribution in [0.4, 0.5) is 0 Å². The predicted molar refractivity (Wildman–Crippen MR) is 95.9 cm³/mol. The van der Waals surface area contributed by atoms with Crippen LogP contribution in [0.15, 0.2) is 68.8 Å². The monoisotopic (exact) mass is 383 g/mol. The number of furan rings is 1. The Morgan fingerprint density at radius 3 is 2.75 bits per heavy atom. The average Bonchev–Trinajstić information content (AvgIpc) is 3.07. The van der Waals surface area contributed by atoms with Gasteiger partial charge < -0.3 is 4.42 Å². The lowest BCUT2D eigenvalue weighted by atomic mass is 10.1. The van der Waals surface area contributed by atoms with Crippen LogP contribution in [-0.4, -0.2) is 17.1 Å². The SMILES string of the molecule is Cc1ccc(-c2ccc(/C=N\NC(=O)c3ccncc3)o2)cc1Br. The van der Waals surface area contributed by atoms with Gasteiger partial charge in [0.05, 0.1) is 6.21 Å². The van der Waals surface area contributed by atoms with E-state index in [4.69, 9.17) is 4.42 Å². The number of benzene rings is 1. The largest absolute Gasteiger partial charge is 0.455 e. The van der Waals surface area contributed by atoms with Gasteiger partial charge in [0.2, 0.25) is 0 Å². The molecule has 0 saturated carbocycles. The van der Waals surface area contributed by atoms with E-state index in [0.29, 0.717) is 11.3 Å². The molecule has 24 heavy (non-hydrogen) atoms. The fraction of sp³-hybridized carbons (Fsp3) is 0.0556. The van der Waals surface area contributed by atoms with Crippen LogP contribution in [0.5, 0.6) is 0 Å². The third-order valence-electron chi connectivity index (χ3n) is 3.38. The van der Waals surface area contributed by atoms with Gasteiger partial charge >= 0.3 is 0 Å². The van der Waals surface area contributed by atoms with Gasteiger partial charge in [-0.25, -0.2) is 5.43 Å². The summed E-state index contributed by atoms with van der Waals surface area (Å²) < 4.78 is 6.74. The lowest BCUT2D eigenvalue weighted by Gasteiger charge is -2.01. The fourth-order valence-corrected chi connectivity index (χ4v) is 2.42. The van der Waals surface area contributed by atoms with Gasteiger partial charge in [-0.15, -0.1) is 0 Å². The molecule has 1 aromatic carbocycles. The molecule has 0 aliphatic carbocycles. The number of aromatic nitrogens is 1. The van der Waals surface area contributed by atoms with E-state index in [1.54, 1.807) is 30.6 Å². The van der Waals surface area contributed by atoms with Crippen LogP contribution in [0.2, 0.25) is 0 Å². The number of carbonyl (C=O) groups is 1. The third-order valence-corrected chi connectivity index (χ3v) is 4.24.